The second-order valence-electron chi connectivity index (χ2n) is 5.50. The van der Waals surface area contributed by atoms with Crippen LogP contribution in [0.15, 0.2) is 12.2 Å². The van der Waals surface area contributed by atoms with Gasteiger partial charge in [-0.1, -0.05) is 19.1 Å². The lowest BCUT2D eigenvalue weighted by molar-refractivity contribution is 0.270. The Bertz CT molecular complexity index is 225. The van der Waals surface area contributed by atoms with Gasteiger partial charge in [0.1, 0.15) is 0 Å². The van der Waals surface area contributed by atoms with Crippen LogP contribution in [0.25, 0.3) is 0 Å². The monoisotopic (exact) mass is 241 g/mol. The first kappa shape index (κ1) is 14.7. The minimum Gasteiger partial charge on any atom is -0.300 e. The first-order valence-electron chi connectivity index (χ1n) is 7.18. The summed E-state index contributed by atoms with van der Waals surface area (Å²) in [6.07, 6.45) is 8.73. The van der Waals surface area contributed by atoms with Crippen molar-refractivity contribution in [2.75, 3.05) is 13.1 Å². The van der Waals surface area contributed by atoms with Crippen LogP contribution in [0, 0.1) is 5.92 Å². The van der Waals surface area contributed by atoms with E-state index in [2.05, 4.69) is 30.9 Å². The molecule has 0 amide bonds. The molecule has 0 aromatic heterocycles. The molecule has 0 spiro atoms. The van der Waals surface area contributed by atoms with Crippen molar-refractivity contribution in [1.29, 1.82) is 0 Å². The smallest absolute Gasteiger partial charge is 0.0999 e. The molecule has 0 bridgehead atoms. The van der Waals surface area contributed by atoms with Crippen LogP contribution in [0.1, 0.15) is 52.9 Å². The lowest BCUT2D eigenvalue weighted by Crippen LogP contribution is -2.27. The zero-order valence-corrected chi connectivity index (χ0v) is 11.7. The summed E-state index contributed by atoms with van der Waals surface area (Å²) >= 11 is 0. The van der Waals surface area contributed by atoms with Gasteiger partial charge >= 0.3 is 0 Å². The van der Waals surface area contributed by atoms with E-state index in [9.17, 15) is 4.39 Å². The Morgan fingerprint density at radius 2 is 2.18 bits per heavy atom. The Labute approximate surface area is 106 Å². The van der Waals surface area contributed by atoms with Crippen molar-refractivity contribution in [2.45, 2.75) is 65.1 Å². The summed E-state index contributed by atoms with van der Waals surface area (Å²) < 4.78 is 13.0. The molecule has 1 rings (SSSR count). The third-order valence-corrected chi connectivity index (χ3v) is 3.73. The lowest BCUT2D eigenvalue weighted by Gasteiger charge is -2.19. The molecule has 0 aliphatic carbocycles. The van der Waals surface area contributed by atoms with E-state index in [1.165, 1.54) is 19.5 Å². The number of hydrogen-bond acceptors (Lipinski definition) is 1. The first-order valence-corrected chi connectivity index (χ1v) is 7.18. The van der Waals surface area contributed by atoms with E-state index in [1.54, 1.807) is 0 Å². The Hall–Kier alpha value is -0.370. The summed E-state index contributed by atoms with van der Waals surface area (Å²) in [6.45, 7) is 8.87. The number of allylic oxidation sites excluding steroid dienone is 1. The fourth-order valence-electron chi connectivity index (χ4n) is 2.39. The van der Waals surface area contributed by atoms with Gasteiger partial charge in [-0.15, -0.1) is 0 Å². The van der Waals surface area contributed by atoms with Gasteiger partial charge in [0.05, 0.1) is 6.17 Å². The predicted octanol–water partition coefficient (Wildman–Crippen LogP) is 4.19. The van der Waals surface area contributed by atoms with Crippen molar-refractivity contribution in [3.63, 3.8) is 0 Å². The molecule has 2 atom stereocenters. The Morgan fingerprint density at radius 3 is 2.76 bits per heavy atom. The van der Waals surface area contributed by atoms with Crippen molar-refractivity contribution < 1.29 is 4.39 Å². The molecule has 1 aliphatic rings. The maximum Gasteiger partial charge on any atom is 0.0999 e. The van der Waals surface area contributed by atoms with Crippen LogP contribution in [0.3, 0.4) is 0 Å². The van der Waals surface area contributed by atoms with Gasteiger partial charge in [-0.05, 0) is 58.4 Å². The van der Waals surface area contributed by atoms with Crippen molar-refractivity contribution in [3.8, 4) is 0 Å². The van der Waals surface area contributed by atoms with Crippen LogP contribution in [0.2, 0.25) is 0 Å². The van der Waals surface area contributed by atoms with Gasteiger partial charge in [0.15, 0.2) is 0 Å². The third-order valence-electron chi connectivity index (χ3n) is 3.73. The fraction of sp³-hybridized carbons (Fsp3) is 0.867. The largest absolute Gasteiger partial charge is 0.300 e. The zero-order valence-electron chi connectivity index (χ0n) is 11.7. The highest BCUT2D eigenvalue weighted by Crippen LogP contribution is 2.20. The van der Waals surface area contributed by atoms with E-state index in [1.807, 2.05) is 6.92 Å². The molecule has 1 saturated heterocycles. The molecule has 1 heterocycles. The molecule has 1 fully saturated rings. The highest BCUT2D eigenvalue weighted by Gasteiger charge is 2.21. The molecule has 0 aromatic rings. The van der Waals surface area contributed by atoms with Crippen molar-refractivity contribution in [3.05, 3.63) is 12.2 Å². The molecule has 0 aromatic carbocycles. The summed E-state index contributed by atoms with van der Waals surface area (Å²) in [5.41, 5.74) is 0. The van der Waals surface area contributed by atoms with Gasteiger partial charge in [0.25, 0.3) is 0 Å². The molecular formula is C15H28FN. The summed E-state index contributed by atoms with van der Waals surface area (Å²) in [5.74, 6) is 0.727. The molecular weight excluding hydrogens is 213 g/mol. The average Bonchev–Trinajstić information content (AvgIpc) is 2.77. The second kappa shape index (κ2) is 7.86. The van der Waals surface area contributed by atoms with Crippen molar-refractivity contribution >= 4 is 0 Å². The number of rotatable bonds is 7. The molecule has 0 N–H and O–H groups in total. The van der Waals surface area contributed by atoms with Crippen LogP contribution >= 0.6 is 0 Å². The van der Waals surface area contributed by atoms with Gasteiger partial charge in [0, 0.05) is 12.6 Å². The molecule has 2 unspecified atom stereocenters. The van der Waals surface area contributed by atoms with Crippen molar-refractivity contribution in [2.24, 2.45) is 5.92 Å². The van der Waals surface area contributed by atoms with Crippen LogP contribution in [0.5, 0.6) is 0 Å². The average molecular weight is 241 g/mol. The first-order chi connectivity index (χ1) is 8.13. The van der Waals surface area contributed by atoms with Crippen LogP contribution in [-0.4, -0.2) is 30.2 Å². The lowest BCUT2D eigenvalue weighted by atomic mass is 10.1. The van der Waals surface area contributed by atoms with Gasteiger partial charge in [-0.25, -0.2) is 4.39 Å². The topological polar surface area (TPSA) is 3.24 Å². The van der Waals surface area contributed by atoms with E-state index in [4.69, 9.17) is 0 Å². The summed E-state index contributed by atoms with van der Waals surface area (Å²) in [6, 6.07) is 0.672. The highest BCUT2D eigenvalue weighted by molar-refractivity contribution is 4.94. The van der Waals surface area contributed by atoms with E-state index in [-0.39, 0.29) is 0 Å². The normalized spacial score (nSPS) is 23.9. The fourth-order valence-corrected chi connectivity index (χ4v) is 2.39. The molecule has 17 heavy (non-hydrogen) atoms. The number of unbranched alkanes of at least 4 members (excludes halogenated alkanes) is 1. The van der Waals surface area contributed by atoms with E-state index >= 15 is 0 Å². The third kappa shape index (κ3) is 5.67. The van der Waals surface area contributed by atoms with E-state index < -0.39 is 6.17 Å². The number of nitrogens with zero attached hydrogens (tertiary/aromatic N) is 1. The van der Waals surface area contributed by atoms with Crippen molar-refractivity contribution in [1.82, 2.24) is 4.90 Å². The van der Waals surface area contributed by atoms with Gasteiger partial charge in [0.2, 0.25) is 0 Å². The number of likely N-dealkylation sites (tertiary alicyclic amines) is 1. The minimum atomic E-state index is -0.591. The molecule has 0 radical (unpaired) electrons. The summed E-state index contributed by atoms with van der Waals surface area (Å²) in [5, 5.41) is 0. The van der Waals surface area contributed by atoms with Gasteiger partial charge in [-0.2, -0.15) is 0 Å². The van der Waals surface area contributed by atoms with Crippen LogP contribution in [-0.2, 0) is 0 Å². The SMILES string of the molecule is CCC(F)CCC/C=C/C1CCN(C(C)C)C1. The minimum absolute atomic E-state index is 0.591. The summed E-state index contributed by atoms with van der Waals surface area (Å²) in [7, 11) is 0. The summed E-state index contributed by atoms with van der Waals surface area (Å²) in [4.78, 5) is 2.53. The number of alkyl halides is 1. The van der Waals surface area contributed by atoms with E-state index in [0.29, 0.717) is 12.5 Å². The molecule has 1 aliphatic heterocycles. The predicted molar refractivity (Wildman–Crippen MR) is 73.0 cm³/mol. The molecule has 1 nitrogen and oxygen atoms in total. The Balaban J connectivity index is 2.10. The van der Waals surface area contributed by atoms with E-state index in [0.717, 1.165) is 25.2 Å². The Morgan fingerprint density at radius 1 is 1.41 bits per heavy atom. The molecule has 100 valence electrons. The quantitative estimate of drug-likeness (QED) is 0.477. The number of halogens is 1. The molecule has 0 saturated carbocycles. The Kier molecular flexibility index (Phi) is 6.79. The van der Waals surface area contributed by atoms with Crippen LogP contribution < -0.4 is 0 Å². The molecule has 2 heteroatoms. The van der Waals surface area contributed by atoms with Crippen LogP contribution in [0.4, 0.5) is 4.39 Å². The second-order valence-corrected chi connectivity index (χ2v) is 5.50. The van der Waals surface area contributed by atoms with Gasteiger partial charge < -0.3 is 4.90 Å². The number of hydrogen-bond donors (Lipinski definition) is 0. The maximum absolute atomic E-state index is 13.0. The van der Waals surface area contributed by atoms with Gasteiger partial charge in [-0.3, -0.25) is 0 Å². The maximum atomic E-state index is 13.0. The zero-order chi connectivity index (χ0) is 12.7. The standard InChI is InChI=1S/C15H28FN/c1-4-15(16)9-7-5-6-8-14-10-11-17(12-14)13(2)3/h6,8,13-15H,4-5,7,9-12H2,1-3H3/b8-6+. The highest BCUT2D eigenvalue weighted by atomic mass is 19.1.